The molecule has 1 saturated heterocycles. The van der Waals surface area contributed by atoms with E-state index >= 15 is 0 Å². The summed E-state index contributed by atoms with van der Waals surface area (Å²) in [6, 6.07) is 16.7. The number of rotatable bonds is 5. The second-order valence-electron chi connectivity index (χ2n) is 5.84. The van der Waals surface area contributed by atoms with Crippen molar-refractivity contribution < 1.29 is 14.3 Å². The van der Waals surface area contributed by atoms with Crippen LogP contribution < -0.4 is 4.90 Å². The lowest BCUT2D eigenvalue weighted by Gasteiger charge is -2.24. The van der Waals surface area contributed by atoms with E-state index < -0.39 is 6.09 Å². The number of hydrogen-bond donors (Lipinski definition) is 0. The molecule has 1 unspecified atom stereocenters. The first-order valence-electron chi connectivity index (χ1n) is 7.43. The Morgan fingerprint density at radius 1 is 1.22 bits per heavy atom. The minimum atomic E-state index is -0.395. The minimum absolute atomic E-state index is 0.237. The van der Waals surface area contributed by atoms with Gasteiger partial charge in [0.1, 0.15) is 12.2 Å². The molecule has 2 aromatic rings. The van der Waals surface area contributed by atoms with Gasteiger partial charge in [0.15, 0.2) is 0 Å². The lowest BCUT2D eigenvalue weighted by molar-refractivity contribution is 0.145. The first kappa shape index (κ1) is 15.8. The first-order valence-corrected chi connectivity index (χ1v) is 7.81. The zero-order chi connectivity index (χ0) is 16.3. The van der Waals surface area contributed by atoms with E-state index in [2.05, 4.69) is 0 Å². The summed E-state index contributed by atoms with van der Waals surface area (Å²) in [5.41, 5.74) is 1.39. The van der Waals surface area contributed by atoms with Crippen molar-refractivity contribution in [2.24, 2.45) is 0 Å². The van der Waals surface area contributed by atoms with Crippen molar-refractivity contribution in [3.63, 3.8) is 0 Å². The van der Waals surface area contributed by atoms with Gasteiger partial charge in [-0.3, -0.25) is 4.90 Å². The maximum Gasteiger partial charge on any atom is 0.414 e. The van der Waals surface area contributed by atoms with E-state index in [1.54, 1.807) is 29.2 Å². The van der Waals surface area contributed by atoms with Crippen molar-refractivity contribution in [3.05, 3.63) is 65.2 Å². The molecule has 5 heteroatoms. The lowest BCUT2D eigenvalue weighted by atomic mass is 10.2. The Bertz CT molecular complexity index is 668. The van der Waals surface area contributed by atoms with Crippen molar-refractivity contribution in [2.75, 3.05) is 18.1 Å². The maximum absolute atomic E-state index is 12.5. The van der Waals surface area contributed by atoms with Gasteiger partial charge >= 0.3 is 6.09 Å². The average Bonchev–Trinajstić information content (AvgIpc) is 3.30. The Kier molecular flexibility index (Phi) is 4.55. The molecule has 23 heavy (non-hydrogen) atoms. The molecule has 0 saturated carbocycles. The van der Waals surface area contributed by atoms with Crippen LogP contribution in [0.25, 0.3) is 0 Å². The van der Waals surface area contributed by atoms with Crippen LogP contribution in [0.2, 0.25) is 5.02 Å². The highest BCUT2D eigenvalue weighted by atomic mass is 35.5. The van der Waals surface area contributed by atoms with E-state index in [-0.39, 0.29) is 12.2 Å². The summed E-state index contributed by atoms with van der Waals surface area (Å²) in [5, 5.41) is 0.625. The highest BCUT2D eigenvalue weighted by Gasteiger charge is 2.42. The summed E-state index contributed by atoms with van der Waals surface area (Å²) >= 11 is 5.92. The summed E-state index contributed by atoms with van der Waals surface area (Å²) in [4.78, 5) is 14.1. The number of hydrogen-bond acceptors (Lipinski definition) is 3. The van der Waals surface area contributed by atoms with Gasteiger partial charge < -0.3 is 9.47 Å². The van der Waals surface area contributed by atoms with E-state index in [1.807, 2.05) is 37.3 Å². The van der Waals surface area contributed by atoms with Crippen LogP contribution in [0.15, 0.2) is 54.6 Å². The zero-order valence-corrected chi connectivity index (χ0v) is 13.6. The van der Waals surface area contributed by atoms with Gasteiger partial charge in [0, 0.05) is 10.7 Å². The van der Waals surface area contributed by atoms with Gasteiger partial charge in [-0.1, -0.05) is 41.9 Å². The minimum Gasteiger partial charge on any atom is -0.444 e. The summed E-state index contributed by atoms with van der Waals surface area (Å²) in [6.07, 6.45) is -0.395. The standard InChI is InChI=1S/C18H18ClNO3/c1-18(13-23-18)12-20(16-9-7-15(19)8-10-16)17(21)22-11-14-5-3-2-4-6-14/h2-10H,11-13H2,1H3. The van der Waals surface area contributed by atoms with Crippen LogP contribution in [-0.4, -0.2) is 24.8 Å². The molecule has 2 aromatic carbocycles. The monoisotopic (exact) mass is 331 g/mol. The van der Waals surface area contributed by atoms with Crippen LogP contribution in [0.1, 0.15) is 12.5 Å². The molecule has 0 aromatic heterocycles. The molecule has 1 aliphatic heterocycles. The van der Waals surface area contributed by atoms with Gasteiger partial charge in [-0.25, -0.2) is 4.79 Å². The van der Waals surface area contributed by atoms with Crippen molar-refractivity contribution >= 4 is 23.4 Å². The Hall–Kier alpha value is -2.04. The quantitative estimate of drug-likeness (QED) is 0.768. The normalized spacial score (nSPS) is 19.2. The number of carbonyl (C=O) groups is 1. The van der Waals surface area contributed by atoms with Gasteiger partial charge in [-0.2, -0.15) is 0 Å². The molecule has 0 radical (unpaired) electrons. The number of anilines is 1. The lowest BCUT2D eigenvalue weighted by Crippen LogP contribution is -2.38. The number of benzene rings is 2. The third-order valence-corrected chi connectivity index (χ3v) is 3.95. The molecule has 0 bridgehead atoms. The molecule has 0 spiro atoms. The van der Waals surface area contributed by atoms with E-state index in [0.717, 1.165) is 11.3 Å². The summed E-state index contributed by atoms with van der Waals surface area (Å²) in [5.74, 6) is 0. The highest BCUT2D eigenvalue weighted by Crippen LogP contribution is 2.30. The first-order chi connectivity index (χ1) is 11.1. The molecule has 120 valence electrons. The Morgan fingerprint density at radius 3 is 2.48 bits per heavy atom. The van der Waals surface area contributed by atoms with Crippen molar-refractivity contribution in [1.29, 1.82) is 0 Å². The highest BCUT2D eigenvalue weighted by molar-refractivity contribution is 6.30. The smallest absolute Gasteiger partial charge is 0.414 e. The number of ether oxygens (including phenoxy) is 2. The van der Waals surface area contributed by atoms with Gasteiger partial charge in [0.2, 0.25) is 0 Å². The summed E-state index contributed by atoms with van der Waals surface area (Å²) in [7, 11) is 0. The van der Waals surface area contributed by atoms with E-state index in [4.69, 9.17) is 21.1 Å². The Morgan fingerprint density at radius 2 is 1.87 bits per heavy atom. The molecule has 0 N–H and O–H groups in total. The van der Waals surface area contributed by atoms with Gasteiger partial charge in [0.05, 0.1) is 13.2 Å². The molecule has 3 rings (SSSR count). The van der Waals surface area contributed by atoms with E-state index in [9.17, 15) is 4.79 Å². The molecule has 1 fully saturated rings. The number of amides is 1. The molecule has 1 heterocycles. The number of halogens is 1. The topological polar surface area (TPSA) is 42.1 Å². The molecular weight excluding hydrogens is 314 g/mol. The van der Waals surface area contributed by atoms with Crippen LogP contribution in [0.4, 0.5) is 10.5 Å². The van der Waals surface area contributed by atoms with Crippen LogP contribution in [0.3, 0.4) is 0 Å². The SMILES string of the molecule is CC1(CN(C(=O)OCc2ccccc2)c2ccc(Cl)cc2)CO1. The number of epoxide rings is 1. The fourth-order valence-electron chi connectivity index (χ4n) is 2.23. The predicted octanol–water partition coefficient (Wildman–Crippen LogP) is 4.27. The van der Waals surface area contributed by atoms with Gasteiger partial charge in [-0.05, 0) is 36.8 Å². The average molecular weight is 332 g/mol. The molecule has 1 aliphatic rings. The van der Waals surface area contributed by atoms with E-state index in [1.165, 1.54) is 0 Å². The van der Waals surface area contributed by atoms with Crippen LogP contribution in [0, 0.1) is 0 Å². The maximum atomic E-state index is 12.5. The predicted molar refractivity (Wildman–Crippen MR) is 89.8 cm³/mol. The number of nitrogens with zero attached hydrogens (tertiary/aromatic N) is 1. The third kappa shape index (κ3) is 4.24. The van der Waals surface area contributed by atoms with Crippen LogP contribution in [-0.2, 0) is 16.1 Å². The van der Waals surface area contributed by atoms with Crippen LogP contribution in [0.5, 0.6) is 0 Å². The van der Waals surface area contributed by atoms with Crippen molar-refractivity contribution in [2.45, 2.75) is 19.1 Å². The largest absolute Gasteiger partial charge is 0.444 e. The summed E-state index contributed by atoms with van der Waals surface area (Å²) < 4.78 is 10.9. The fourth-order valence-corrected chi connectivity index (χ4v) is 2.35. The second-order valence-corrected chi connectivity index (χ2v) is 6.28. The summed E-state index contributed by atoms with van der Waals surface area (Å²) in [6.45, 7) is 3.30. The third-order valence-electron chi connectivity index (χ3n) is 3.69. The fraction of sp³-hybridized carbons (Fsp3) is 0.278. The molecule has 1 atom stereocenters. The van der Waals surface area contributed by atoms with Gasteiger partial charge in [-0.15, -0.1) is 0 Å². The Labute approximate surface area is 140 Å². The van der Waals surface area contributed by atoms with Crippen molar-refractivity contribution in [1.82, 2.24) is 0 Å². The molecule has 1 amide bonds. The second kappa shape index (κ2) is 6.60. The van der Waals surface area contributed by atoms with E-state index in [0.29, 0.717) is 18.2 Å². The molecule has 0 aliphatic carbocycles. The molecule has 4 nitrogen and oxygen atoms in total. The van der Waals surface area contributed by atoms with Gasteiger partial charge in [0.25, 0.3) is 0 Å². The Balaban J connectivity index is 1.71. The number of carbonyl (C=O) groups excluding carboxylic acids is 1. The van der Waals surface area contributed by atoms with Crippen LogP contribution >= 0.6 is 11.6 Å². The van der Waals surface area contributed by atoms with Crippen molar-refractivity contribution in [3.8, 4) is 0 Å². The zero-order valence-electron chi connectivity index (χ0n) is 12.9. The molecular formula is C18H18ClNO3.